The molecule has 4 aromatic heterocycles. The number of hydrogen-bond donors (Lipinski definition) is 6. The number of carbonyl (C=O) groups excluding carboxylic acids is 6. The number of benzene rings is 1. The van der Waals surface area contributed by atoms with Crippen LogP contribution in [0.1, 0.15) is 175 Å². The zero-order valence-corrected chi connectivity index (χ0v) is 74.3. The molecule has 7 heterocycles. The van der Waals surface area contributed by atoms with Crippen LogP contribution in [0.25, 0.3) is 27.8 Å². The lowest BCUT2D eigenvalue weighted by molar-refractivity contribution is -0.265. The molecular weight excluding hydrogens is 1600 g/mol. The summed E-state index contributed by atoms with van der Waals surface area (Å²) in [5, 5.41) is 41.0. The second-order valence-corrected chi connectivity index (χ2v) is 33.9. The number of nitrogens with two attached hydrogens (primary N) is 2. The number of anilines is 1. The molecule has 2 amide bonds. The van der Waals surface area contributed by atoms with Crippen molar-refractivity contribution in [1.82, 2.24) is 49.8 Å². The fraction of sp³-hybridized carbons (Fsp3) is 0.681. The number of aryl methyl sites for hydroxylation is 1. The number of H-pyrrole nitrogens is 1. The molecule has 2 bridgehead atoms. The number of aromatic nitrogens is 8. The van der Waals surface area contributed by atoms with Gasteiger partial charge in [0, 0.05) is 101 Å². The van der Waals surface area contributed by atoms with Crippen LogP contribution in [-0.2, 0) is 98.6 Å². The van der Waals surface area contributed by atoms with Crippen LogP contribution in [-0.4, -0.2) is 278 Å². The number of esters is 1. The SMILES string of the molecule is COc1cccc2cc(-c3nc([C@H]4CC[C@H](C(=O)NCCOCCOCCOCCOCCOCCOCCn5cc(CCCCO[C@@H]6CC[C@@H](C[C@@H](N)[C@@H]7CC(=O)[C@H](C)/C=C(\C)[C@@H](O)[C@@H](OC)C(=O)[C@H](C)C[C@H](C)/C=C/C=C/C=C(\C)[C@@H](OC)C[C@@H]8CC[C@@H](C)[C@@](O)(O8)C(=O)C(=O)N8CCCC[C@H]8C(=O)O7)C[C@H]6OC)nn5)CC4)n4ncnc(N)c34)[nH]c12. The third-order valence-electron chi connectivity index (χ3n) is 24.9. The molecule has 33 heteroatoms. The third-order valence-corrected chi connectivity index (χ3v) is 24.9. The van der Waals surface area contributed by atoms with E-state index >= 15 is 0 Å². The topological polar surface area (TPSA) is 420 Å². The molecule has 1 aromatic carbocycles. The molecule has 2 saturated heterocycles. The Balaban J connectivity index is 0.572. The predicted molar refractivity (Wildman–Crippen MR) is 462 cm³/mol. The molecule has 0 unspecified atom stereocenters. The number of ketones is 3. The second-order valence-electron chi connectivity index (χ2n) is 33.9. The molecule has 15 atom stereocenters. The maximum Gasteiger partial charge on any atom is 0.329 e. The Kier molecular flexibility index (Phi) is 39.4. The van der Waals surface area contributed by atoms with E-state index in [4.69, 9.17) is 78.0 Å². The number of nitrogens with zero attached hydrogens (tertiary/aromatic N) is 8. The fourth-order valence-corrected chi connectivity index (χ4v) is 17.5. The van der Waals surface area contributed by atoms with E-state index in [1.807, 2.05) is 81.6 Å². The van der Waals surface area contributed by atoms with Crippen LogP contribution < -0.4 is 21.5 Å². The minimum absolute atomic E-state index is 0.0137. The average Bonchev–Trinajstić information content (AvgIpc) is 1.62. The van der Waals surface area contributed by atoms with Gasteiger partial charge in [-0.25, -0.2) is 24.0 Å². The molecule has 0 radical (unpaired) electrons. The number of aliphatic hydroxyl groups is 2. The minimum atomic E-state index is -2.48. The highest BCUT2D eigenvalue weighted by molar-refractivity contribution is 6.39. The van der Waals surface area contributed by atoms with Gasteiger partial charge in [0.2, 0.25) is 11.7 Å². The van der Waals surface area contributed by atoms with Gasteiger partial charge in [-0.3, -0.25) is 24.0 Å². The van der Waals surface area contributed by atoms with Gasteiger partial charge < -0.3 is 98.5 Å². The van der Waals surface area contributed by atoms with E-state index in [0.29, 0.717) is 179 Å². The van der Waals surface area contributed by atoms with E-state index in [-0.39, 0.29) is 79.2 Å². The summed E-state index contributed by atoms with van der Waals surface area (Å²) >= 11 is 0. The maximum absolute atomic E-state index is 14.7. The molecular formula is C91H136N12O21. The average molecular weight is 1730 g/mol. The Hall–Kier alpha value is -8.13. The number of cyclic esters (lactones) is 1. The van der Waals surface area contributed by atoms with Crippen molar-refractivity contribution in [3.05, 3.63) is 95.9 Å². The van der Waals surface area contributed by atoms with Gasteiger partial charge in [-0.2, -0.15) is 5.10 Å². The highest BCUT2D eigenvalue weighted by Crippen LogP contribution is 2.42. The maximum atomic E-state index is 14.7. The summed E-state index contributed by atoms with van der Waals surface area (Å²) < 4.78 is 79.8. The molecule has 5 aromatic rings. The Morgan fingerprint density at radius 2 is 1.48 bits per heavy atom. The first kappa shape index (κ1) is 98.1. The van der Waals surface area contributed by atoms with Crippen molar-refractivity contribution in [2.75, 3.05) is 133 Å². The van der Waals surface area contributed by atoms with Crippen LogP contribution in [0.3, 0.4) is 0 Å². The number of amides is 2. The van der Waals surface area contributed by atoms with Crippen LogP contribution in [0.4, 0.5) is 5.82 Å². The standard InChI is InChI=1S/C91H136N12O21/c1-58-19-12-11-13-20-59(2)76(113-8)54-69-31-25-63(6)91(111,124-69)85(107)89(109)102-34-16-14-23-72(102)90(110)123-77(55-73(104)60(3)50-62(5)83(106)84(115-10)82(105)61(4)49-58)70(92)51-64-26-32-74(78(52-64)114-9)122-36-17-15-22-68-56-101(100-99-68)35-38-117-40-42-119-44-46-121-48-47-120-45-43-118-41-39-116-37-33-94-88(108)66-29-27-65(28-30-66)87-98-80(81-86(93)95-57-96-103(81)87)71-53-67-21-18-24-75(112-7)79(67)97-71/h11-13,18-21,24,50,53,56-58,60-61,63-66,69-70,72,74,76-78,83-84,97,106,111H,14-17,22-23,25-49,51-52,54-55,92H2,1-10H3,(H,94,108)(H2,93,95,96)/b13-11+,19-12+,59-20+,62-50+/t58-,60-,61-,63-,64+,65-,66-,69+,70-,72+,74-,76+,77+,78-,83-,84+,91-/m1/s1. The van der Waals surface area contributed by atoms with Gasteiger partial charge in [0.15, 0.2) is 11.6 Å². The number of ether oxygens (including phenoxy) is 13. The Morgan fingerprint density at radius 3 is 2.17 bits per heavy atom. The predicted octanol–water partition coefficient (Wildman–Crippen LogP) is 8.88. The Morgan fingerprint density at radius 1 is 0.766 bits per heavy atom. The summed E-state index contributed by atoms with van der Waals surface area (Å²) in [4.78, 5) is 99.3. The van der Waals surface area contributed by atoms with Gasteiger partial charge in [-0.1, -0.05) is 81.5 Å². The van der Waals surface area contributed by atoms with E-state index < -0.39 is 83.8 Å². The lowest BCUT2D eigenvalue weighted by atomic mass is 9.80. The number of allylic oxidation sites excluding steroid dienone is 6. The number of hydrogen-bond acceptors (Lipinski definition) is 28. The number of fused-ring (bicyclic) bond motifs is 5. The molecule has 10 rings (SSSR count). The van der Waals surface area contributed by atoms with Crippen molar-refractivity contribution >= 4 is 57.4 Å². The van der Waals surface area contributed by atoms with Crippen molar-refractivity contribution in [2.45, 2.75) is 237 Å². The summed E-state index contributed by atoms with van der Waals surface area (Å²) in [6, 6.07) is 5.80. The lowest BCUT2D eigenvalue weighted by Gasteiger charge is -2.42. The highest BCUT2D eigenvalue weighted by Gasteiger charge is 2.53. The number of piperidine rings is 1. The molecule has 0 spiro atoms. The van der Waals surface area contributed by atoms with E-state index in [9.17, 15) is 39.0 Å². The van der Waals surface area contributed by atoms with Crippen LogP contribution in [0, 0.1) is 35.5 Å². The number of methoxy groups -OCH3 is 4. The smallest absolute Gasteiger partial charge is 0.329 e. The molecule has 2 saturated carbocycles. The van der Waals surface area contributed by atoms with Gasteiger partial charge in [0.1, 0.15) is 59.2 Å². The van der Waals surface area contributed by atoms with Crippen LogP contribution in [0.5, 0.6) is 5.75 Å². The number of nitrogen functional groups attached to an aromatic ring is 1. The van der Waals surface area contributed by atoms with Gasteiger partial charge in [-0.15, -0.1) is 5.10 Å². The lowest BCUT2D eigenvalue weighted by Crippen LogP contribution is -2.61. The molecule has 5 aliphatic rings. The van der Waals surface area contributed by atoms with Crippen LogP contribution in [0.15, 0.2) is 84.4 Å². The number of para-hydroxylation sites is 1. The Bertz CT molecular complexity index is 4330. The summed E-state index contributed by atoms with van der Waals surface area (Å²) in [5.74, 6) is -6.37. The number of aliphatic hydroxyl groups excluding tert-OH is 1. The van der Waals surface area contributed by atoms with E-state index in [2.05, 4.69) is 30.7 Å². The largest absolute Gasteiger partial charge is 0.495 e. The number of unbranched alkanes of at least 4 members (excludes halogenated alkanes) is 1. The molecule has 3 aliphatic heterocycles. The number of carbonyl (C=O) groups is 6. The normalized spacial score (nSPS) is 28.8. The van der Waals surface area contributed by atoms with Crippen molar-refractivity contribution in [3.8, 4) is 17.1 Å². The first-order chi connectivity index (χ1) is 59.9. The third kappa shape index (κ3) is 27.7. The minimum Gasteiger partial charge on any atom is -0.495 e. The van der Waals surface area contributed by atoms with E-state index in [0.717, 1.165) is 84.4 Å². The van der Waals surface area contributed by atoms with E-state index in [1.54, 1.807) is 57.4 Å². The number of imidazole rings is 1. The molecule has 8 N–H and O–H groups in total. The first-order valence-corrected chi connectivity index (χ1v) is 44.6. The number of rotatable bonds is 37. The number of aromatic amines is 1. The second kappa shape index (κ2) is 49.8. The van der Waals surface area contributed by atoms with Crippen molar-refractivity contribution < 1.29 is 101 Å². The Labute approximate surface area is 728 Å². The summed E-state index contributed by atoms with van der Waals surface area (Å²) in [5.41, 5.74) is 18.6. The number of Topliss-reactive ketones (excluding diaryl/α,β-unsaturated/α-hetero) is 3. The summed E-state index contributed by atoms with van der Waals surface area (Å²) in [6.07, 6.45) is 19.4. The fourth-order valence-electron chi connectivity index (χ4n) is 17.5. The van der Waals surface area contributed by atoms with Gasteiger partial charge in [0.25, 0.3) is 11.7 Å². The van der Waals surface area contributed by atoms with Crippen molar-refractivity contribution in [3.63, 3.8) is 0 Å². The molecule has 4 fully saturated rings. The van der Waals surface area contributed by atoms with E-state index in [1.165, 1.54) is 18.3 Å². The van der Waals surface area contributed by atoms with Crippen molar-refractivity contribution in [1.29, 1.82) is 0 Å². The van der Waals surface area contributed by atoms with Crippen LogP contribution in [0.2, 0.25) is 0 Å². The van der Waals surface area contributed by atoms with Gasteiger partial charge >= 0.3 is 5.97 Å². The monoisotopic (exact) mass is 1730 g/mol. The van der Waals surface area contributed by atoms with Gasteiger partial charge in [-0.05, 0) is 158 Å². The molecule has 686 valence electrons. The van der Waals surface area contributed by atoms with Crippen LogP contribution >= 0.6 is 0 Å². The number of nitrogens with one attached hydrogen (secondary N) is 2. The molecule has 33 nitrogen and oxygen atoms in total. The molecule has 124 heavy (non-hydrogen) atoms. The first-order valence-electron chi connectivity index (χ1n) is 44.6. The zero-order valence-electron chi connectivity index (χ0n) is 74.3. The summed E-state index contributed by atoms with van der Waals surface area (Å²) in [7, 11) is 6.24. The van der Waals surface area contributed by atoms with Gasteiger partial charge in [0.05, 0.1) is 134 Å². The quantitative estimate of drug-likeness (QED) is 0.00935. The summed E-state index contributed by atoms with van der Waals surface area (Å²) in [6.45, 7) is 17.2. The van der Waals surface area contributed by atoms with Crippen molar-refractivity contribution in [2.24, 2.45) is 41.2 Å². The highest BCUT2D eigenvalue weighted by atomic mass is 16.6. The zero-order chi connectivity index (χ0) is 88.7. The molecule has 2 aliphatic carbocycles.